The van der Waals surface area contributed by atoms with Crippen LogP contribution in [0.25, 0.3) is 0 Å². The van der Waals surface area contributed by atoms with E-state index in [1.807, 2.05) is 6.92 Å². The van der Waals surface area contributed by atoms with Crippen molar-refractivity contribution in [2.45, 2.75) is 19.1 Å². The third-order valence-corrected chi connectivity index (χ3v) is 4.64. The van der Waals surface area contributed by atoms with Gasteiger partial charge in [-0.25, -0.2) is 4.79 Å². The third-order valence-electron chi connectivity index (χ3n) is 4.14. The van der Waals surface area contributed by atoms with Gasteiger partial charge in [-0.15, -0.1) is 10.2 Å². The number of methoxy groups -OCH3 is 1. The van der Waals surface area contributed by atoms with Crippen LogP contribution < -0.4 is 10.6 Å². The Morgan fingerprint density at radius 2 is 2.08 bits per heavy atom. The van der Waals surface area contributed by atoms with E-state index in [4.69, 9.17) is 38.4 Å². The molecule has 1 saturated heterocycles. The number of rotatable bonds is 3. The van der Waals surface area contributed by atoms with Crippen LogP contribution in [0.3, 0.4) is 0 Å². The Morgan fingerprint density at radius 1 is 1.31 bits per heavy atom. The fourth-order valence-corrected chi connectivity index (χ4v) is 3.37. The number of esters is 1. The van der Waals surface area contributed by atoms with Crippen LogP contribution in [0.5, 0.6) is 0 Å². The molecule has 2 aromatic rings. The number of hydrogen-bond acceptors (Lipinski definition) is 7. The Morgan fingerprint density at radius 3 is 2.77 bits per heavy atom. The normalized spacial score (nSPS) is 20.1. The number of anilines is 2. The van der Waals surface area contributed by atoms with Crippen molar-refractivity contribution in [1.29, 1.82) is 0 Å². The molecule has 2 heterocycles. The van der Waals surface area contributed by atoms with Gasteiger partial charge in [0.15, 0.2) is 11.0 Å². The number of carbonyl (C=O) groups excluding carboxylic acids is 1. The minimum absolute atomic E-state index is 0.0563. The van der Waals surface area contributed by atoms with E-state index in [-0.39, 0.29) is 17.4 Å². The predicted octanol–water partition coefficient (Wildman–Crippen LogP) is 3.12. The first-order valence-electron chi connectivity index (χ1n) is 7.96. The zero-order valence-corrected chi connectivity index (χ0v) is 15.8. The second kappa shape index (κ2) is 7.65. The molecule has 0 bridgehead atoms. The van der Waals surface area contributed by atoms with Crippen LogP contribution in [0.1, 0.15) is 28.9 Å². The number of nitrogen functional groups attached to an aromatic ring is 1. The fourth-order valence-electron chi connectivity index (χ4n) is 2.96. The lowest BCUT2D eigenvalue weighted by molar-refractivity contribution is -0.0173. The standard InChI is InChI=1S/C17H18Cl2N4O3/c1-9-7-23(13-6-15(19)21-22-16(13)20)8-14(26-9)10-3-4-11(12(18)5-10)17(24)25-2/h3-6,9,14H,7-8H2,1-2H3,(H2,20,22)/t9-,14-/m0/s1. The molecule has 138 valence electrons. The summed E-state index contributed by atoms with van der Waals surface area (Å²) < 4.78 is 10.8. The second-order valence-corrected chi connectivity index (χ2v) is 6.80. The number of benzene rings is 1. The van der Waals surface area contributed by atoms with E-state index < -0.39 is 5.97 Å². The lowest BCUT2D eigenvalue weighted by Gasteiger charge is -2.38. The number of hydrogen-bond donors (Lipinski definition) is 1. The number of carbonyl (C=O) groups is 1. The number of nitrogens with two attached hydrogens (primary N) is 1. The number of halogens is 2. The average Bonchev–Trinajstić information content (AvgIpc) is 2.62. The lowest BCUT2D eigenvalue weighted by Crippen LogP contribution is -2.43. The van der Waals surface area contributed by atoms with Gasteiger partial charge in [0.1, 0.15) is 6.10 Å². The third kappa shape index (κ3) is 3.85. The van der Waals surface area contributed by atoms with Crippen LogP contribution in [0.4, 0.5) is 11.5 Å². The lowest BCUT2D eigenvalue weighted by atomic mass is 10.0. The first kappa shape index (κ1) is 18.7. The Balaban J connectivity index is 1.88. The number of nitrogens with zero attached hydrogens (tertiary/aromatic N) is 3. The van der Waals surface area contributed by atoms with Crippen molar-refractivity contribution in [2.24, 2.45) is 0 Å². The topological polar surface area (TPSA) is 90.6 Å². The van der Waals surface area contributed by atoms with Crippen molar-refractivity contribution >= 4 is 40.7 Å². The molecule has 1 aliphatic heterocycles. The molecule has 1 aromatic carbocycles. The smallest absolute Gasteiger partial charge is 0.339 e. The minimum Gasteiger partial charge on any atom is -0.465 e. The molecule has 0 aliphatic carbocycles. The average molecular weight is 397 g/mol. The second-order valence-electron chi connectivity index (χ2n) is 6.01. The van der Waals surface area contributed by atoms with Crippen LogP contribution in [-0.2, 0) is 9.47 Å². The molecule has 1 aromatic heterocycles. The summed E-state index contributed by atoms with van der Waals surface area (Å²) in [5.41, 5.74) is 7.83. The van der Waals surface area contributed by atoms with Gasteiger partial charge in [0.25, 0.3) is 0 Å². The molecular formula is C17H18Cl2N4O3. The molecule has 1 fully saturated rings. The van der Waals surface area contributed by atoms with Gasteiger partial charge in [-0.2, -0.15) is 0 Å². The Labute approximate surface area is 161 Å². The maximum atomic E-state index is 11.7. The van der Waals surface area contributed by atoms with E-state index in [9.17, 15) is 4.79 Å². The fraction of sp³-hybridized carbons (Fsp3) is 0.353. The van der Waals surface area contributed by atoms with E-state index in [2.05, 4.69) is 15.1 Å². The van der Waals surface area contributed by atoms with Crippen molar-refractivity contribution in [3.8, 4) is 0 Å². The minimum atomic E-state index is -0.480. The van der Waals surface area contributed by atoms with Crippen LogP contribution in [-0.4, -0.2) is 42.5 Å². The first-order chi connectivity index (χ1) is 12.4. The zero-order chi connectivity index (χ0) is 18.8. The SMILES string of the molecule is COC(=O)c1ccc([C@@H]2CN(c3cc(Cl)nnc3N)C[C@H](C)O2)cc1Cl. The number of morpholine rings is 1. The summed E-state index contributed by atoms with van der Waals surface area (Å²) in [6.45, 7) is 3.14. The van der Waals surface area contributed by atoms with E-state index in [0.29, 0.717) is 35.2 Å². The summed E-state index contributed by atoms with van der Waals surface area (Å²) in [5.74, 6) is -0.173. The Hall–Kier alpha value is -2.09. The summed E-state index contributed by atoms with van der Waals surface area (Å²) in [7, 11) is 1.31. The summed E-state index contributed by atoms with van der Waals surface area (Å²) >= 11 is 12.2. The van der Waals surface area contributed by atoms with Crippen molar-refractivity contribution in [3.63, 3.8) is 0 Å². The summed E-state index contributed by atoms with van der Waals surface area (Å²) in [6.07, 6.45) is -0.312. The van der Waals surface area contributed by atoms with Gasteiger partial charge in [-0.05, 0) is 24.6 Å². The van der Waals surface area contributed by atoms with E-state index in [1.165, 1.54) is 7.11 Å². The molecule has 0 unspecified atom stereocenters. The van der Waals surface area contributed by atoms with Gasteiger partial charge >= 0.3 is 5.97 Å². The molecule has 2 atom stereocenters. The maximum Gasteiger partial charge on any atom is 0.339 e. The quantitative estimate of drug-likeness (QED) is 0.796. The molecule has 3 rings (SSSR count). The van der Waals surface area contributed by atoms with Crippen molar-refractivity contribution < 1.29 is 14.3 Å². The van der Waals surface area contributed by atoms with E-state index >= 15 is 0 Å². The van der Waals surface area contributed by atoms with Gasteiger partial charge < -0.3 is 20.1 Å². The van der Waals surface area contributed by atoms with Gasteiger partial charge in [0, 0.05) is 19.2 Å². The largest absolute Gasteiger partial charge is 0.465 e. The van der Waals surface area contributed by atoms with Crippen LogP contribution in [0.2, 0.25) is 10.2 Å². The molecule has 0 amide bonds. The summed E-state index contributed by atoms with van der Waals surface area (Å²) in [4.78, 5) is 13.7. The van der Waals surface area contributed by atoms with Gasteiger partial charge in [-0.1, -0.05) is 29.3 Å². The van der Waals surface area contributed by atoms with Crippen molar-refractivity contribution in [2.75, 3.05) is 30.8 Å². The summed E-state index contributed by atoms with van der Waals surface area (Å²) in [6, 6.07) is 6.85. The Bertz CT molecular complexity index is 834. The highest BCUT2D eigenvalue weighted by Gasteiger charge is 2.29. The molecule has 9 heteroatoms. The monoisotopic (exact) mass is 396 g/mol. The summed E-state index contributed by atoms with van der Waals surface area (Å²) in [5, 5.41) is 8.21. The molecule has 0 spiro atoms. The van der Waals surface area contributed by atoms with E-state index in [0.717, 1.165) is 5.56 Å². The van der Waals surface area contributed by atoms with Crippen molar-refractivity contribution in [1.82, 2.24) is 10.2 Å². The predicted molar refractivity (Wildman–Crippen MR) is 99.7 cm³/mol. The highest BCUT2D eigenvalue weighted by atomic mass is 35.5. The molecule has 0 radical (unpaired) electrons. The molecule has 2 N–H and O–H groups in total. The number of aromatic nitrogens is 2. The first-order valence-corrected chi connectivity index (χ1v) is 8.71. The van der Waals surface area contributed by atoms with Crippen LogP contribution in [0.15, 0.2) is 24.3 Å². The van der Waals surface area contributed by atoms with Crippen molar-refractivity contribution in [3.05, 3.63) is 45.6 Å². The van der Waals surface area contributed by atoms with Gasteiger partial charge in [-0.3, -0.25) is 0 Å². The highest BCUT2D eigenvalue weighted by molar-refractivity contribution is 6.33. The highest BCUT2D eigenvalue weighted by Crippen LogP contribution is 2.33. The van der Waals surface area contributed by atoms with E-state index in [1.54, 1.807) is 24.3 Å². The number of ether oxygens (including phenoxy) is 2. The molecule has 0 saturated carbocycles. The molecule has 26 heavy (non-hydrogen) atoms. The maximum absolute atomic E-state index is 11.7. The molecule has 1 aliphatic rings. The Kier molecular flexibility index (Phi) is 5.50. The zero-order valence-electron chi connectivity index (χ0n) is 14.3. The molecule has 7 nitrogen and oxygen atoms in total. The van der Waals surface area contributed by atoms with Crippen LogP contribution in [0, 0.1) is 0 Å². The van der Waals surface area contributed by atoms with Gasteiger partial charge in [0.05, 0.1) is 29.5 Å². The molecular weight excluding hydrogens is 379 g/mol. The van der Waals surface area contributed by atoms with Crippen LogP contribution >= 0.6 is 23.2 Å². The van der Waals surface area contributed by atoms with Gasteiger partial charge in [0.2, 0.25) is 0 Å².